The van der Waals surface area contributed by atoms with Crippen LogP contribution in [0.1, 0.15) is 30.2 Å². The number of furan rings is 1. The molecular weight excluding hydrogens is 230 g/mol. The van der Waals surface area contributed by atoms with Crippen molar-refractivity contribution in [3.8, 4) is 5.88 Å². The van der Waals surface area contributed by atoms with E-state index in [4.69, 9.17) is 9.15 Å². The van der Waals surface area contributed by atoms with E-state index in [9.17, 15) is 0 Å². The monoisotopic (exact) mass is 247 g/mol. The number of hydrogen-bond donors (Lipinski definition) is 1. The molecule has 18 heavy (non-hydrogen) atoms. The van der Waals surface area contributed by atoms with Gasteiger partial charge in [-0.3, -0.25) is 0 Å². The molecule has 2 aromatic heterocycles. The Kier molecular flexibility index (Phi) is 3.50. The number of aromatic nitrogens is 2. The number of nitrogens with zero attached hydrogens (tertiary/aromatic N) is 2. The van der Waals surface area contributed by atoms with Crippen molar-refractivity contribution in [3.63, 3.8) is 0 Å². The number of nitrogens with one attached hydrogen (secondary N) is 1. The minimum absolute atomic E-state index is 0.00482. The van der Waals surface area contributed by atoms with Gasteiger partial charge in [0.15, 0.2) is 0 Å². The summed E-state index contributed by atoms with van der Waals surface area (Å²) in [6, 6.07) is 5.67. The SMILES string of the molecule is COc1cc(C)nc(NC(C)c2ccc(C)o2)n1. The van der Waals surface area contributed by atoms with E-state index in [0.29, 0.717) is 11.8 Å². The summed E-state index contributed by atoms with van der Waals surface area (Å²) in [4.78, 5) is 8.55. The number of rotatable bonds is 4. The van der Waals surface area contributed by atoms with Gasteiger partial charge in [0.2, 0.25) is 11.8 Å². The number of hydrogen-bond acceptors (Lipinski definition) is 5. The van der Waals surface area contributed by atoms with Crippen molar-refractivity contribution in [2.24, 2.45) is 0 Å². The zero-order valence-corrected chi connectivity index (χ0v) is 11.0. The highest BCUT2D eigenvalue weighted by Gasteiger charge is 2.11. The molecule has 2 rings (SSSR count). The molecule has 2 heterocycles. The summed E-state index contributed by atoms with van der Waals surface area (Å²) in [5, 5.41) is 3.19. The molecule has 0 aromatic carbocycles. The number of anilines is 1. The van der Waals surface area contributed by atoms with Crippen molar-refractivity contribution in [3.05, 3.63) is 35.4 Å². The lowest BCUT2D eigenvalue weighted by molar-refractivity contribution is 0.396. The molecule has 0 saturated carbocycles. The van der Waals surface area contributed by atoms with E-state index in [1.54, 1.807) is 13.2 Å². The molecule has 0 spiro atoms. The van der Waals surface area contributed by atoms with Gasteiger partial charge >= 0.3 is 0 Å². The highest BCUT2D eigenvalue weighted by molar-refractivity contribution is 5.33. The fourth-order valence-electron chi connectivity index (χ4n) is 1.66. The highest BCUT2D eigenvalue weighted by Crippen LogP contribution is 2.20. The molecule has 1 N–H and O–H groups in total. The predicted molar refractivity (Wildman–Crippen MR) is 68.8 cm³/mol. The molecule has 0 fully saturated rings. The lowest BCUT2D eigenvalue weighted by Crippen LogP contribution is -2.09. The summed E-state index contributed by atoms with van der Waals surface area (Å²) in [5.41, 5.74) is 0.854. The van der Waals surface area contributed by atoms with Crippen molar-refractivity contribution < 1.29 is 9.15 Å². The van der Waals surface area contributed by atoms with Gasteiger partial charge in [-0.25, -0.2) is 4.98 Å². The summed E-state index contributed by atoms with van der Waals surface area (Å²) >= 11 is 0. The van der Waals surface area contributed by atoms with Crippen LogP contribution in [0.4, 0.5) is 5.95 Å². The third-order valence-corrected chi connectivity index (χ3v) is 2.57. The second-order valence-electron chi connectivity index (χ2n) is 4.19. The molecule has 0 radical (unpaired) electrons. The molecule has 96 valence electrons. The van der Waals surface area contributed by atoms with E-state index in [1.807, 2.05) is 32.9 Å². The zero-order valence-electron chi connectivity index (χ0n) is 11.0. The normalized spacial score (nSPS) is 12.2. The third-order valence-electron chi connectivity index (χ3n) is 2.57. The molecule has 2 aromatic rings. The first-order valence-corrected chi connectivity index (χ1v) is 5.81. The van der Waals surface area contributed by atoms with Crippen LogP contribution >= 0.6 is 0 Å². The fourth-order valence-corrected chi connectivity index (χ4v) is 1.66. The van der Waals surface area contributed by atoms with Crippen molar-refractivity contribution in [2.45, 2.75) is 26.8 Å². The predicted octanol–water partition coefficient (Wildman–Crippen LogP) is 2.87. The van der Waals surface area contributed by atoms with Crippen LogP contribution in [0, 0.1) is 13.8 Å². The van der Waals surface area contributed by atoms with Crippen LogP contribution in [-0.2, 0) is 0 Å². The van der Waals surface area contributed by atoms with Gasteiger partial charge < -0.3 is 14.5 Å². The van der Waals surface area contributed by atoms with E-state index < -0.39 is 0 Å². The Morgan fingerprint density at radius 1 is 1.28 bits per heavy atom. The van der Waals surface area contributed by atoms with Gasteiger partial charge in [0.05, 0.1) is 13.2 Å². The van der Waals surface area contributed by atoms with Crippen molar-refractivity contribution in [1.29, 1.82) is 0 Å². The largest absolute Gasteiger partial charge is 0.481 e. The highest BCUT2D eigenvalue weighted by atomic mass is 16.5. The first kappa shape index (κ1) is 12.4. The van der Waals surface area contributed by atoms with Gasteiger partial charge in [-0.2, -0.15) is 4.98 Å². The second kappa shape index (κ2) is 5.08. The lowest BCUT2D eigenvalue weighted by atomic mass is 10.2. The topological polar surface area (TPSA) is 60.2 Å². The van der Waals surface area contributed by atoms with Crippen LogP contribution in [0.3, 0.4) is 0 Å². The molecule has 0 aliphatic carbocycles. The first-order valence-electron chi connectivity index (χ1n) is 5.81. The number of methoxy groups -OCH3 is 1. The van der Waals surface area contributed by atoms with Crippen molar-refractivity contribution in [1.82, 2.24) is 9.97 Å². The first-order chi connectivity index (χ1) is 8.58. The summed E-state index contributed by atoms with van der Waals surface area (Å²) in [6.07, 6.45) is 0. The average molecular weight is 247 g/mol. The number of aryl methyl sites for hydroxylation is 2. The quantitative estimate of drug-likeness (QED) is 0.900. The summed E-state index contributed by atoms with van der Waals surface area (Å²) in [6.45, 7) is 5.82. The Balaban J connectivity index is 2.16. The van der Waals surface area contributed by atoms with Crippen LogP contribution < -0.4 is 10.1 Å². The van der Waals surface area contributed by atoms with Gasteiger partial charge in [0, 0.05) is 11.8 Å². The van der Waals surface area contributed by atoms with Gasteiger partial charge in [-0.1, -0.05) is 0 Å². The van der Waals surface area contributed by atoms with E-state index in [-0.39, 0.29) is 6.04 Å². The minimum Gasteiger partial charge on any atom is -0.481 e. The summed E-state index contributed by atoms with van der Waals surface area (Å²) < 4.78 is 10.7. The molecule has 5 nitrogen and oxygen atoms in total. The van der Waals surface area contributed by atoms with Crippen LogP contribution in [0.2, 0.25) is 0 Å². The molecule has 0 aliphatic rings. The van der Waals surface area contributed by atoms with Crippen LogP contribution in [0.5, 0.6) is 5.88 Å². The number of ether oxygens (including phenoxy) is 1. The van der Waals surface area contributed by atoms with Gasteiger partial charge in [0.25, 0.3) is 0 Å². The maximum atomic E-state index is 5.55. The summed E-state index contributed by atoms with van der Waals surface area (Å²) in [5.74, 6) is 2.83. The molecule has 5 heteroatoms. The smallest absolute Gasteiger partial charge is 0.226 e. The third kappa shape index (κ3) is 2.80. The molecule has 0 saturated heterocycles. The van der Waals surface area contributed by atoms with Crippen LogP contribution in [0.15, 0.2) is 22.6 Å². The Bertz CT molecular complexity index is 537. The van der Waals surface area contributed by atoms with Crippen LogP contribution in [-0.4, -0.2) is 17.1 Å². The Hall–Kier alpha value is -2.04. The maximum absolute atomic E-state index is 5.55. The molecule has 0 aliphatic heterocycles. The van der Waals surface area contributed by atoms with Gasteiger partial charge in [0.1, 0.15) is 11.5 Å². The summed E-state index contributed by atoms with van der Waals surface area (Å²) in [7, 11) is 1.59. The molecule has 1 atom stereocenters. The Morgan fingerprint density at radius 3 is 2.67 bits per heavy atom. The van der Waals surface area contributed by atoms with Gasteiger partial charge in [-0.15, -0.1) is 0 Å². The van der Waals surface area contributed by atoms with Gasteiger partial charge in [-0.05, 0) is 32.9 Å². The van der Waals surface area contributed by atoms with E-state index in [2.05, 4.69) is 15.3 Å². The second-order valence-corrected chi connectivity index (χ2v) is 4.19. The molecular formula is C13H17N3O2. The zero-order chi connectivity index (χ0) is 13.1. The fraction of sp³-hybridized carbons (Fsp3) is 0.385. The van der Waals surface area contributed by atoms with E-state index in [0.717, 1.165) is 17.2 Å². The molecule has 1 unspecified atom stereocenters. The van der Waals surface area contributed by atoms with E-state index in [1.165, 1.54) is 0 Å². The average Bonchev–Trinajstić information content (AvgIpc) is 2.75. The van der Waals surface area contributed by atoms with Crippen molar-refractivity contribution in [2.75, 3.05) is 12.4 Å². The lowest BCUT2D eigenvalue weighted by Gasteiger charge is -2.12. The van der Waals surface area contributed by atoms with E-state index >= 15 is 0 Å². The minimum atomic E-state index is 0.00482. The maximum Gasteiger partial charge on any atom is 0.226 e. The molecule has 0 amide bonds. The molecule has 0 bridgehead atoms. The van der Waals surface area contributed by atoms with Crippen molar-refractivity contribution >= 4 is 5.95 Å². The Morgan fingerprint density at radius 2 is 2.06 bits per heavy atom. The Labute approximate surface area is 106 Å². The van der Waals surface area contributed by atoms with Crippen LogP contribution in [0.25, 0.3) is 0 Å². The standard InChI is InChI=1S/C13H17N3O2/c1-8-7-12(17-4)16-13(14-8)15-10(3)11-6-5-9(2)18-11/h5-7,10H,1-4H3,(H,14,15,16).